The van der Waals surface area contributed by atoms with Gasteiger partial charge in [0.1, 0.15) is 11.5 Å². The van der Waals surface area contributed by atoms with Crippen LogP contribution in [0.5, 0.6) is 11.5 Å². The fraction of sp³-hybridized carbons (Fsp3) is 0.318. The SMILES string of the molecule is CCOc1ccc(OCC(=O)Nc2nnc(Cc3ccc(C(C)C)cc3)o2)cc1. The Hall–Kier alpha value is -3.35. The van der Waals surface area contributed by atoms with E-state index in [-0.39, 0.29) is 18.5 Å². The number of hydrogen-bond acceptors (Lipinski definition) is 6. The first kappa shape index (κ1) is 20.4. The quantitative estimate of drug-likeness (QED) is 0.584. The molecule has 152 valence electrons. The lowest BCUT2D eigenvalue weighted by molar-refractivity contribution is -0.118. The molecule has 0 radical (unpaired) electrons. The summed E-state index contributed by atoms with van der Waals surface area (Å²) in [4.78, 5) is 12.0. The molecule has 7 nitrogen and oxygen atoms in total. The molecule has 0 atom stereocenters. The third-order valence-corrected chi connectivity index (χ3v) is 4.22. The van der Waals surface area contributed by atoms with Crippen molar-refractivity contribution in [1.29, 1.82) is 0 Å². The maximum atomic E-state index is 12.0. The molecule has 3 aromatic rings. The van der Waals surface area contributed by atoms with Gasteiger partial charge in [0.25, 0.3) is 5.91 Å². The number of amides is 1. The Morgan fingerprint density at radius 1 is 1.00 bits per heavy atom. The average molecular weight is 395 g/mol. The summed E-state index contributed by atoms with van der Waals surface area (Å²) in [6.07, 6.45) is 0.504. The fourth-order valence-corrected chi connectivity index (χ4v) is 2.67. The lowest BCUT2D eigenvalue weighted by Crippen LogP contribution is -2.20. The molecule has 0 aliphatic carbocycles. The Bertz CT molecular complexity index is 918. The molecule has 1 amide bonds. The van der Waals surface area contributed by atoms with Crippen LogP contribution in [0.2, 0.25) is 0 Å². The van der Waals surface area contributed by atoms with Crippen molar-refractivity contribution in [3.63, 3.8) is 0 Å². The van der Waals surface area contributed by atoms with Crippen LogP contribution in [0.3, 0.4) is 0 Å². The van der Waals surface area contributed by atoms with Crippen LogP contribution in [0.1, 0.15) is 43.7 Å². The molecule has 0 aliphatic rings. The molecule has 3 rings (SSSR count). The molecule has 2 aromatic carbocycles. The molecule has 7 heteroatoms. The van der Waals surface area contributed by atoms with Crippen LogP contribution in [-0.4, -0.2) is 29.3 Å². The van der Waals surface area contributed by atoms with Gasteiger partial charge in [0.15, 0.2) is 6.61 Å². The van der Waals surface area contributed by atoms with Crippen molar-refractivity contribution in [3.8, 4) is 11.5 Å². The van der Waals surface area contributed by atoms with Crippen molar-refractivity contribution in [1.82, 2.24) is 10.2 Å². The highest BCUT2D eigenvalue weighted by atomic mass is 16.5. The molecular weight excluding hydrogens is 370 g/mol. The largest absolute Gasteiger partial charge is 0.494 e. The molecule has 1 aromatic heterocycles. The Labute approximate surface area is 170 Å². The smallest absolute Gasteiger partial charge is 0.322 e. The standard InChI is InChI=1S/C22H25N3O4/c1-4-27-18-9-11-19(12-10-18)28-14-20(26)23-22-25-24-21(29-22)13-16-5-7-17(8-6-16)15(2)3/h5-12,15H,4,13-14H2,1-3H3,(H,23,25,26). The highest BCUT2D eigenvalue weighted by Crippen LogP contribution is 2.18. The second kappa shape index (κ2) is 9.73. The van der Waals surface area contributed by atoms with Gasteiger partial charge < -0.3 is 13.9 Å². The van der Waals surface area contributed by atoms with E-state index in [1.807, 2.05) is 19.1 Å². The monoisotopic (exact) mass is 395 g/mol. The molecule has 0 saturated heterocycles. The number of ether oxygens (including phenoxy) is 2. The fourth-order valence-electron chi connectivity index (χ4n) is 2.67. The van der Waals surface area contributed by atoms with Crippen molar-refractivity contribution in [2.24, 2.45) is 0 Å². The number of anilines is 1. The Kier molecular flexibility index (Phi) is 6.84. The molecule has 29 heavy (non-hydrogen) atoms. The maximum absolute atomic E-state index is 12.0. The van der Waals surface area contributed by atoms with Crippen molar-refractivity contribution in [2.45, 2.75) is 33.1 Å². The highest BCUT2D eigenvalue weighted by Gasteiger charge is 2.11. The predicted molar refractivity (Wildman–Crippen MR) is 109 cm³/mol. The number of rotatable bonds is 9. The van der Waals surface area contributed by atoms with E-state index >= 15 is 0 Å². The van der Waals surface area contributed by atoms with Crippen molar-refractivity contribution in [3.05, 3.63) is 65.5 Å². The van der Waals surface area contributed by atoms with E-state index in [2.05, 4.69) is 41.5 Å². The normalized spacial score (nSPS) is 10.8. The summed E-state index contributed by atoms with van der Waals surface area (Å²) in [6.45, 7) is 6.66. The molecule has 0 aliphatic heterocycles. The molecule has 0 fully saturated rings. The second-order valence-electron chi connectivity index (χ2n) is 6.82. The zero-order valence-electron chi connectivity index (χ0n) is 16.8. The first-order valence-electron chi connectivity index (χ1n) is 9.60. The molecule has 0 saturated carbocycles. The Balaban J connectivity index is 1.48. The minimum Gasteiger partial charge on any atom is -0.494 e. The van der Waals surface area contributed by atoms with Gasteiger partial charge in [-0.15, -0.1) is 5.10 Å². The first-order chi connectivity index (χ1) is 14.0. The van der Waals surface area contributed by atoms with Gasteiger partial charge in [-0.2, -0.15) is 0 Å². The minimum atomic E-state index is -0.379. The van der Waals surface area contributed by atoms with Crippen molar-refractivity contribution in [2.75, 3.05) is 18.5 Å². The van der Waals surface area contributed by atoms with Crippen LogP contribution in [0.15, 0.2) is 52.9 Å². The number of carbonyl (C=O) groups excluding carboxylic acids is 1. The van der Waals surface area contributed by atoms with E-state index in [1.54, 1.807) is 24.3 Å². The lowest BCUT2D eigenvalue weighted by Gasteiger charge is -2.07. The minimum absolute atomic E-state index is 0.0547. The van der Waals surface area contributed by atoms with Crippen LogP contribution in [0.4, 0.5) is 6.01 Å². The van der Waals surface area contributed by atoms with Crippen molar-refractivity contribution >= 4 is 11.9 Å². The van der Waals surface area contributed by atoms with Crippen LogP contribution in [0, 0.1) is 0 Å². The first-order valence-corrected chi connectivity index (χ1v) is 9.60. The average Bonchev–Trinajstić information content (AvgIpc) is 3.15. The summed E-state index contributed by atoms with van der Waals surface area (Å²) in [7, 11) is 0. The summed E-state index contributed by atoms with van der Waals surface area (Å²) in [5.41, 5.74) is 2.34. The third kappa shape index (κ3) is 6.07. The van der Waals surface area contributed by atoms with E-state index in [0.29, 0.717) is 30.6 Å². The number of hydrogen-bond donors (Lipinski definition) is 1. The predicted octanol–water partition coefficient (Wildman–Crippen LogP) is 4.20. The van der Waals surface area contributed by atoms with Crippen molar-refractivity contribution < 1.29 is 18.7 Å². The van der Waals surface area contributed by atoms with Gasteiger partial charge in [-0.05, 0) is 48.2 Å². The third-order valence-electron chi connectivity index (χ3n) is 4.22. The highest BCUT2D eigenvalue weighted by molar-refractivity contribution is 5.89. The van der Waals surface area contributed by atoms with E-state index in [4.69, 9.17) is 13.9 Å². The number of carbonyl (C=O) groups is 1. The van der Waals surface area contributed by atoms with Gasteiger partial charge >= 0.3 is 6.01 Å². The molecule has 0 spiro atoms. The molecule has 0 unspecified atom stereocenters. The summed E-state index contributed by atoms with van der Waals surface area (Å²) >= 11 is 0. The number of aromatic nitrogens is 2. The summed E-state index contributed by atoms with van der Waals surface area (Å²) < 4.78 is 16.3. The van der Waals surface area contributed by atoms with E-state index < -0.39 is 0 Å². The lowest BCUT2D eigenvalue weighted by atomic mass is 10.0. The van der Waals surface area contributed by atoms with Crippen LogP contribution in [0.25, 0.3) is 0 Å². The van der Waals surface area contributed by atoms with E-state index in [0.717, 1.165) is 11.3 Å². The van der Waals surface area contributed by atoms with Gasteiger partial charge in [0, 0.05) is 0 Å². The number of nitrogens with zero attached hydrogens (tertiary/aromatic N) is 2. The van der Waals surface area contributed by atoms with Gasteiger partial charge in [-0.3, -0.25) is 10.1 Å². The summed E-state index contributed by atoms with van der Waals surface area (Å²) in [5, 5.41) is 10.4. The van der Waals surface area contributed by atoms with Gasteiger partial charge in [-0.25, -0.2) is 0 Å². The van der Waals surface area contributed by atoms with Gasteiger partial charge in [0.2, 0.25) is 5.89 Å². The number of nitrogens with one attached hydrogen (secondary N) is 1. The van der Waals surface area contributed by atoms with Crippen LogP contribution in [-0.2, 0) is 11.2 Å². The van der Waals surface area contributed by atoms with E-state index in [1.165, 1.54) is 5.56 Å². The molecule has 0 bridgehead atoms. The van der Waals surface area contributed by atoms with Gasteiger partial charge in [-0.1, -0.05) is 43.2 Å². The topological polar surface area (TPSA) is 86.5 Å². The van der Waals surface area contributed by atoms with Crippen LogP contribution < -0.4 is 14.8 Å². The zero-order valence-corrected chi connectivity index (χ0v) is 16.8. The maximum Gasteiger partial charge on any atom is 0.322 e. The summed E-state index contributed by atoms with van der Waals surface area (Å²) in [5.74, 6) is 1.86. The molecular formula is C22H25N3O4. The van der Waals surface area contributed by atoms with Gasteiger partial charge in [0.05, 0.1) is 13.0 Å². The second-order valence-corrected chi connectivity index (χ2v) is 6.82. The zero-order chi connectivity index (χ0) is 20.6. The molecule has 1 N–H and O–H groups in total. The Morgan fingerprint density at radius 3 is 2.28 bits per heavy atom. The van der Waals surface area contributed by atoms with Crippen LogP contribution >= 0.6 is 0 Å². The summed E-state index contributed by atoms with van der Waals surface area (Å²) in [6, 6.07) is 15.4. The molecule has 1 heterocycles. The van der Waals surface area contributed by atoms with E-state index in [9.17, 15) is 4.79 Å². The number of benzene rings is 2. The Morgan fingerprint density at radius 2 is 1.66 bits per heavy atom.